The standard InChI is InChI=1S/C16H22N2O/c1-18(12-13-6-4-3-5-7-13)16-10-15(19-2)9-8-14(16)11-17/h8-10,13H,3-7,12H2,1-2H3. The van der Waals surface area contributed by atoms with E-state index in [9.17, 15) is 5.26 Å². The Labute approximate surface area is 115 Å². The fourth-order valence-electron chi connectivity index (χ4n) is 2.90. The van der Waals surface area contributed by atoms with Gasteiger partial charge < -0.3 is 9.64 Å². The van der Waals surface area contributed by atoms with Gasteiger partial charge in [0.25, 0.3) is 0 Å². The molecule has 1 saturated carbocycles. The third kappa shape index (κ3) is 3.41. The quantitative estimate of drug-likeness (QED) is 0.828. The second kappa shape index (κ2) is 6.47. The first kappa shape index (κ1) is 13.7. The normalized spacial score (nSPS) is 15.8. The van der Waals surface area contributed by atoms with Crippen LogP contribution in [0.4, 0.5) is 5.69 Å². The molecule has 0 aliphatic heterocycles. The Morgan fingerprint density at radius 2 is 2.05 bits per heavy atom. The topological polar surface area (TPSA) is 36.3 Å². The van der Waals surface area contributed by atoms with E-state index < -0.39 is 0 Å². The Hall–Kier alpha value is -1.69. The molecular weight excluding hydrogens is 236 g/mol. The first-order valence-corrected chi connectivity index (χ1v) is 7.04. The van der Waals surface area contributed by atoms with Gasteiger partial charge in [0, 0.05) is 19.7 Å². The van der Waals surface area contributed by atoms with Crippen molar-refractivity contribution in [1.82, 2.24) is 0 Å². The first-order valence-electron chi connectivity index (χ1n) is 7.04. The number of hydrogen-bond acceptors (Lipinski definition) is 3. The molecule has 1 aromatic carbocycles. The molecule has 0 N–H and O–H groups in total. The molecule has 0 radical (unpaired) electrons. The molecule has 0 spiro atoms. The molecule has 0 aromatic heterocycles. The lowest BCUT2D eigenvalue weighted by atomic mass is 9.89. The summed E-state index contributed by atoms with van der Waals surface area (Å²) in [5.74, 6) is 1.57. The zero-order valence-corrected chi connectivity index (χ0v) is 11.9. The van der Waals surface area contributed by atoms with Gasteiger partial charge in [0.05, 0.1) is 18.4 Å². The Bertz CT molecular complexity index is 458. The molecule has 3 nitrogen and oxygen atoms in total. The highest BCUT2D eigenvalue weighted by Gasteiger charge is 2.17. The van der Waals surface area contributed by atoms with Crippen LogP contribution in [0.15, 0.2) is 18.2 Å². The summed E-state index contributed by atoms with van der Waals surface area (Å²) in [6, 6.07) is 7.91. The van der Waals surface area contributed by atoms with Crippen LogP contribution in [0.5, 0.6) is 5.75 Å². The molecule has 102 valence electrons. The lowest BCUT2D eigenvalue weighted by Crippen LogP contribution is -2.27. The highest BCUT2D eigenvalue weighted by Crippen LogP contribution is 2.29. The minimum Gasteiger partial charge on any atom is -0.497 e. The summed E-state index contributed by atoms with van der Waals surface area (Å²) in [6.45, 7) is 1.03. The van der Waals surface area contributed by atoms with Crippen LogP contribution in [0.2, 0.25) is 0 Å². The fraction of sp³-hybridized carbons (Fsp3) is 0.562. The molecule has 19 heavy (non-hydrogen) atoms. The van der Waals surface area contributed by atoms with Crippen LogP contribution in [0.3, 0.4) is 0 Å². The fourth-order valence-corrected chi connectivity index (χ4v) is 2.90. The van der Waals surface area contributed by atoms with Gasteiger partial charge in [0.15, 0.2) is 0 Å². The summed E-state index contributed by atoms with van der Waals surface area (Å²) in [5.41, 5.74) is 1.70. The van der Waals surface area contributed by atoms with Crippen molar-refractivity contribution in [3.05, 3.63) is 23.8 Å². The van der Waals surface area contributed by atoms with E-state index in [4.69, 9.17) is 4.74 Å². The van der Waals surface area contributed by atoms with Crippen molar-refractivity contribution in [2.75, 3.05) is 25.6 Å². The van der Waals surface area contributed by atoms with E-state index in [-0.39, 0.29) is 0 Å². The summed E-state index contributed by atoms with van der Waals surface area (Å²) in [4.78, 5) is 2.21. The highest BCUT2D eigenvalue weighted by atomic mass is 16.5. The van der Waals surface area contributed by atoms with Gasteiger partial charge in [0.1, 0.15) is 11.8 Å². The minimum atomic E-state index is 0.721. The number of nitriles is 1. The van der Waals surface area contributed by atoms with Crippen LogP contribution >= 0.6 is 0 Å². The molecule has 0 bridgehead atoms. The molecule has 0 atom stereocenters. The molecule has 0 heterocycles. The van der Waals surface area contributed by atoms with E-state index in [2.05, 4.69) is 18.0 Å². The number of methoxy groups -OCH3 is 1. The van der Waals surface area contributed by atoms with Crippen molar-refractivity contribution in [1.29, 1.82) is 5.26 Å². The Balaban J connectivity index is 2.12. The molecule has 2 rings (SSSR count). The van der Waals surface area contributed by atoms with Crippen LogP contribution in [-0.2, 0) is 0 Å². The molecule has 0 saturated heterocycles. The van der Waals surface area contributed by atoms with Crippen LogP contribution < -0.4 is 9.64 Å². The molecule has 0 amide bonds. The highest BCUT2D eigenvalue weighted by molar-refractivity contribution is 5.61. The average molecular weight is 258 g/mol. The van der Waals surface area contributed by atoms with Crippen molar-refractivity contribution < 1.29 is 4.74 Å². The van der Waals surface area contributed by atoms with Gasteiger partial charge in [-0.05, 0) is 30.9 Å². The van der Waals surface area contributed by atoms with Gasteiger partial charge in [-0.2, -0.15) is 5.26 Å². The SMILES string of the molecule is COc1ccc(C#N)c(N(C)CC2CCCCC2)c1. The van der Waals surface area contributed by atoms with Gasteiger partial charge in [0.2, 0.25) is 0 Å². The number of ether oxygens (including phenoxy) is 1. The molecular formula is C16H22N2O. The zero-order valence-electron chi connectivity index (χ0n) is 11.9. The maximum Gasteiger partial charge on any atom is 0.121 e. The summed E-state index contributed by atoms with van der Waals surface area (Å²) in [7, 11) is 3.73. The lowest BCUT2D eigenvalue weighted by Gasteiger charge is -2.29. The largest absolute Gasteiger partial charge is 0.497 e. The maximum atomic E-state index is 9.22. The second-order valence-corrected chi connectivity index (χ2v) is 5.38. The smallest absolute Gasteiger partial charge is 0.121 e. The van der Waals surface area contributed by atoms with E-state index in [1.807, 2.05) is 18.2 Å². The van der Waals surface area contributed by atoms with Gasteiger partial charge in [-0.15, -0.1) is 0 Å². The Kier molecular flexibility index (Phi) is 4.68. The monoisotopic (exact) mass is 258 g/mol. The number of rotatable bonds is 4. The van der Waals surface area contributed by atoms with E-state index in [0.29, 0.717) is 0 Å². The zero-order chi connectivity index (χ0) is 13.7. The summed E-state index contributed by atoms with van der Waals surface area (Å²) in [5, 5.41) is 9.22. The number of benzene rings is 1. The van der Waals surface area contributed by atoms with E-state index in [1.165, 1.54) is 32.1 Å². The summed E-state index contributed by atoms with van der Waals surface area (Å²) >= 11 is 0. The maximum absolute atomic E-state index is 9.22. The second-order valence-electron chi connectivity index (χ2n) is 5.38. The Morgan fingerprint density at radius 1 is 1.32 bits per heavy atom. The van der Waals surface area contributed by atoms with Crippen molar-refractivity contribution in [2.24, 2.45) is 5.92 Å². The predicted octanol–water partition coefficient (Wildman–Crippen LogP) is 3.58. The number of anilines is 1. The van der Waals surface area contributed by atoms with Gasteiger partial charge in [-0.25, -0.2) is 0 Å². The molecule has 3 heteroatoms. The third-order valence-corrected chi connectivity index (χ3v) is 3.99. The number of nitrogens with zero attached hydrogens (tertiary/aromatic N) is 2. The summed E-state index contributed by atoms with van der Waals surface area (Å²) in [6.07, 6.45) is 6.71. The van der Waals surface area contributed by atoms with E-state index in [0.717, 1.165) is 29.5 Å². The third-order valence-electron chi connectivity index (χ3n) is 3.99. The van der Waals surface area contributed by atoms with Gasteiger partial charge in [-0.1, -0.05) is 19.3 Å². The molecule has 1 aliphatic carbocycles. The van der Waals surface area contributed by atoms with Crippen LogP contribution in [0, 0.1) is 17.2 Å². The molecule has 1 fully saturated rings. The summed E-state index contributed by atoms with van der Waals surface area (Å²) < 4.78 is 5.26. The van der Waals surface area contributed by atoms with Crippen molar-refractivity contribution in [2.45, 2.75) is 32.1 Å². The molecule has 1 aromatic rings. The van der Waals surface area contributed by atoms with Crippen LogP contribution in [0.25, 0.3) is 0 Å². The van der Waals surface area contributed by atoms with Gasteiger partial charge in [-0.3, -0.25) is 0 Å². The van der Waals surface area contributed by atoms with Crippen LogP contribution in [-0.4, -0.2) is 20.7 Å². The molecule has 0 unspecified atom stereocenters. The van der Waals surface area contributed by atoms with E-state index >= 15 is 0 Å². The van der Waals surface area contributed by atoms with E-state index in [1.54, 1.807) is 7.11 Å². The predicted molar refractivity (Wildman–Crippen MR) is 77.6 cm³/mol. The Morgan fingerprint density at radius 3 is 2.68 bits per heavy atom. The average Bonchev–Trinajstić information content (AvgIpc) is 2.47. The van der Waals surface area contributed by atoms with Crippen molar-refractivity contribution >= 4 is 5.69 Å². The lowest BCUT2D eigenvalue weighted by molar-refractivity contribution is 0.362. The minimum absolute atomic E-state index is 0.721. The van der Waals surface area contributed by atoms with Crippen molar-refractivity contribution in [3.63, 3.8) is 0 Å². The molecule has 1 aliphatic rings. The van der Waals surface area contributed by atoms with Crippen LogP contribution in [0.1, 0.15) is 37.7 Å². The first-order chi connectivity index (χ1) is 9.24. The van der Waals surface area contributed by atoms with Crippen molar-refractivity contribution in [3.8, 4) is 11.8 Å². The number of hydrogen-bond donors (Lipinski definition) is 0. The van der Waals surface area contributed by atoms with Gasteiger partial charge >= 0.3 is 0 Å².